The molecule has 2 N–H and O–H groups in total. The molecule has 14 heavy (non-hydrogen) atoms. The molecule has 1 rings (SSSR count). The predicted molar refractivity (Wildman–Crippen MR) is 58.1 cm³/mol. The minimum atomic E-state index is 0.0846. The summed E-state index contributed by atoms with van der Waals surface area (Å²) in [6.45, 7) is 3.60. The Kier molecular flexibility index (Phi) is 4.94. The molecule has 3 nitrogen and oxygen atoms in total. The second-order valence-corrected chi connectivity index (χ2v) is 4.35. The molecule has 1 aliphatic carbocycles. The molecule has 1 saturated carbocycles. The first-order valence-corrected chi connectivity index (χ1v) is 5.66. The van der Waals surface area contributed by atoms with E-state index in [1.165, 1.54) is 25.7 Å². The van der Waals surface area contributed by atoms with E-state index in [-0.39, 0.29) is 11.8 Å². The first kappa shape index (κ1) is 11.5. The van der Waals surface area contributed by atoms with E-state index in [0.717, 1.165) is 19.0 Å². The molecule has 0 aromatic carbocycles. The maximum Gasteiger partial charge on any atom is 0.224 e. The molecule has 0 bridgehead atoms. The molecular formula is C11H22N2O. The van der Waals surface area contributed by atoms with Crippen LogP contribution in [0, 0.1) is 11.8 Å². The number of amides is 1. The molecule has 0 spiro atoms. The highest BCUT2D eigenvalue weighted by Gasteiger charge is 2.17. The van der Waals surface area contributed by atoms with Gasteiger partial charge in [0.15, 0.2) is 0 Å². The van der Waals surface area contributed by atoms with Crippen molar-refractivity contribution in [3.05, 3.63) is 0 Å². The van der Waals surface area contributed by atoms with Crippen molar-refractivity contribution >= 4 is 5.91 Å². The van der Waals surface area contributed by atoms with Gasteiger partial charge in [-0.1, -0.05) is 19.8 Å². The Balaban J connectivity index is 2.13. The number of carbonyl (C=O) groups is 1. The van der Waals surface area contributed by atoms with Crippen LogP contribution < -0.4 is 10.6 Å². The van der Waals surface area contributed by atoms with Gasteiger partial charge < -0.3 is 10.6 Å². The van der Waals surface area contributed by atoms with Gasteiger partial charge in [-0.25, -0.2) is 0 Å². The van der Waals surface area contributed by atoms with Crippen molar-refractivity contribution in [1.82, 2.24) is 10.6 Å². The summed E-state index contributed by atoms with van der Waals surface area (Å²) in [6.07, 6.45) is 5.26. The van der Waals surface area contributed by atoms with Crippen LogP contribution in [0.25, 0.3) is 0 Å². The number of carbonyl (C=O) groups excluding carboxylic acids is 1. The molecule has 3 heteroatoms. The van der Waals surface area contributed by atoms with E-state index in [0.29, 0.717) is 0 Å². The summed E-state index contributed by atoms with van der Waals surface area (Å²) in [4.78, 5) is 11.5. The summed E-state index contributed by atoms with van der Waals surface area (Å²) < 4.78 is 0. The topological polar surface area (TPSA) is 41.1 Å². The summed E-state index contributed by atoms with van der Waals surface area (Å²) in [6, 6.07) is 0. The maximum absolute atomic E-state index is 11.5. The van der Waals surface area contributed by atoms with Gasteiger partial charge in [-0.05, 0) is 25.8 Å². The standard InChI is InChI=1S/C11H22N2O/c1-9(7-12-2)11(14)13-8-10-5-3-4-6-10/h9-10,12H,3-8H2,1-2H3,(H,13,14). The van der Waals surface area contributed by atoms with Crippen molar-refractivity contribution in [2.75, 3.05) is 20.1 Å². The van der Waals surface area contributed by atoms with Crippen LogP contribution in [0.4, 0.5) is 0 Å². The lowest BCUT2D eigenvalue weighted by atomic mass is 10.1. The van der Waals surface area contributed by atoms with Gasteiger partial charge in [0.2, 0.25) is 5.91 Å². The van der Waals surface area contributed by atoms with Crippen molar-refractivity contribution in [1.29, 1.82) is 0 Å². The Morgan fingerprint density at radius 2 is 2.07 bits per heavy atom. The fourth-order valence-electron chi connectivity index (χ4n) is 2.03. The minimum absolute atomic E-state index is 0.0846. The zero-order chi connectivity index (χ0) is 10.4. The fraction of sp³-hybridized carbons (Fsp3) is 0.909. The normalized spacial score (nSPS) is 19.6. The van der Waals surface area contributed by atoms with Crippen LogP contribution in [0.2, 0.25) is 0 Å². The summed E-state index contributed by atoms with van der Waals surface area (Å²) in [7, 11) is 1.88. The van der Waals surface area contributed by atoms with Gasteiger partial charge in [-0.3, -0.25) is 4.79 Å². The number of hydrogen-bond donors (Lipinski definition) is 2. The summed E-state index contributed by atoms with van der Waals surface area (Å²) >= 11 is 0. The lowest BCUT2D eigenvalue weighted by Crippen LogP contribution is -2.36. The molecule has 82 valence electrons. The van der Waals surface area contributed by atoms with Crippen LogP contribution in [0.5, 0.6) is 0 Å². The SMILES string of the molecule is CNCC(C)C(=O)NCC1CCCC1. The molecule has 1 unspecified atom stereocenters. The first-order valence-electron chi connectivity index (χ1n) is 5.66. The Morgan fingerprint density at radius 1 is 1.43 bits per heavy atom. The van der Waals surface area contributed by atoms with Crippen LogP contribution >= 0.6 is 0 Å². The van der Waals surface area contributed by atoms with Gasteiger partial charge in [0.1, 0.15) is 0 Å². The predicted octanol–water partition coefficient (Wildman–Crippen LogP) is 1.15. The van der Waals surface area contributed by atoms with Gasteiger partial charge in [0.25, 0.3) is 0 Å². The third kappa shape index (κ3) is 3.66. The largest absolute Gasteiger partial charge is 0.356 e. The molecule has 1 atom stereocenters. The molecule has 0 saturated heterocycles. The lowest BCUT2D eigenvalue weighted by molar-refractivity contribution is -0.124. The molecule has 1 aliphatic rings. The van der Waals surface area contributed by atoms with E-state index in [1.54, 1.807) is 0 Å². The van der Waals surface area contributed by atoms with E-state index in [1.807, 2.05) is 14.0 Å². The van der Waals surface area contributed by atoms with Crippen molar-refractivity contribution in [3.63, 3.8) is 0 Å². The lowest BCUT2D eigenvalue weighted by Gasteiger charge is -2.14. The fourth-order valence-corrected chi connectivity index (χ4v) is 2.03. The quantitative estimate of drug-likeness (QED) is 0.696. The Hall–Kier alpha value is -0.570. The molecule has 0 aromatic heterocycles. The second-order valence-electron chi connectivity index (χ2n) is 4.35. The van der Waals surface area contributed by atoms with E-state index < -0.39 is 0 Å². The third-order valence-corrected chi connectivity index (χ3v) is 3.00. The van der Waals surface area contributed by atoms with E-state index in [4.69, 9.17) is 0 Å². The van der Waals surface area contributed by atoms with E-state index in [2.05, 4.69) is 10.6 Å². The smallest absolute Gasteiger partial charge is 0.224 e. The Labute approximate surface area is 86.6 Å². The molecule has 0 aromatic rings. The van der Waals surface area contributed by atoms with E-state index in [9.17, 15) is 4.79 Å². The Morgan fingerprint density at radius 3 is 2.64 bits per heavy atom. The summed E-state index contributed by atoms with van der Waals surface area (Å²) in [5.41, 5.74) is 0. The molecule has 0 heterocycles. The van der Waals surface area contributed by atoms with Crippen LogP contribution in [-0.4, -0.2) is 26.0 Å². The number of rotatable bonds is 5. The minimum Gasteiger partial charge on any atom is -0.356 e. The van der Waals surface area contributed by atoms with Gasteiger partial charge in [-0.15, -0.1) is 0 Å². The van der Waals surface area contributed by atoms with Crippen LogP contribution in [0.3, 0.4) is 0 Å². The highest BCUT2D eigenvalue weighted by Crippen LogP contribution is 2.23. The van der Waals surface area contributed by atoms with Gasteiger partial charge >= 0.3 is 0 Å². The molecule has 0 aliphatic heterocycles. The monoisotopic (exact) mass is 198 g/mol. The zero-order valence-electron chi connectivity index (χ0n) is 9.31. The van der Waals surface area contributed by atoms with Crippen LogP contribution in [0.15, 0.2) is 0 Å². The van der Waals surface area contributed by atoms with Gasteiger partial charge in [-0.2, -0.15) is 0 Å². The van der Waals surface area contributed by atoms with Crippen LogP contribution in [-0.2, 0) is 4.79 Å². The van der Waals surface area contributed by atoms with Gasteiger partial charge in [0, 0.05) is 19.0 Å². The summed E-state index contributed by atoms with van der Waals surface area (Å²) in [5, 5.41) is 6.05. The average Bonchev–Trinajstić information content (AvgIpc) is 2.67. The molecule has 1 fully saturated rings. The summed E-state index contributed by atoms with van der Waals surface area (Å²) in [5.74, 6) is 1.01. The second kappa shape index (κ2) is 6.02. The van der Waals surface area contributed by atoms with Crippen molar-refractivity contribution in [3.8, 4) is 0 Å². The number of hydrogen-bond acceptors (Lipinski definition) is 2. The molecule has 1 amide bonds. The van der Waals surface area contributed by atoms with Gasteiger partial charge in [0.05, 0.1) is 0 Å². The highest BCUT2D eigenvalue weighted by atomic mass is 16.1. The zero-order valence-corrected chi connectivity index (χ0v) is 9.31. The molecular weight excluding hydrogens is 176 g/mol. The Bertz CT molecular complexity index is 176. The first-order chi connectivity index (χ1) is 6.74. The molecule has 0 radical (unpaired) electrons. The third-order valence-electron chi connectivity index (χ3n) is 3.00. The van der Waals surface area contributed by atoms with Crippen molar-refractivity contribution in [2.45, 2.75) is 32.6 Å². The van der Waals surface area contributed by atoms with Crippen molar-refractivity contribution in [2.24, 2.45) is 11.8 Å². The van der Waals surface area contributed by atoms with E-state index >= 15 is 0 Å². The van der Waals surface area contributed by atoms with Crippen molar-refractivity contribution < 1.29 is 4.79 Å². The average molecular weight is 198 g/mol. The van der Waals surface area contributed by atoms with Crippen LogP contribution in [0.1, 0.15) is 32.6 Å². The number of nitrogens with one attached hydrogen (secondary N) is 2. The highest BCUT2D eigenvalue weighted by molar-refractivity contribution is 5.78. The maximum atomic E-state index is 11.5.